The van der Waals surface area contributed by atoms with Gasteiger partial charge < -0.3 is 11.1 Å². The minimum atomic E-state index is 0. The fourth-order valence-electron chi connectivity index (χ4n) is 2.65. The van der Waals surface area contributed by atoms with Crippen LogP contribution < -0.4 is 11.1 Å². The molecule has 0 saturated carbocycles. The van der Waals surface area contributed by atoms with Gasteiger partial charge in [-0.05, 0) is 43.0 Å². The Labute approximate surface area is 156 Å². The maximum atomic E-state index is 12.4. The summed E-state index contributed by atoms with van der Waals surface area (Å²) in [6.45, 7) is 6.47. The van der Waals surface area contributed by atoms with E-state index in [-0.39, 0.29) is 18.3 Å². The van der Waals surface area contributed by atoms with E-state index >= 15 is 0 Å². The first-order valence-corrected chi connectivity index (χ1v) is 8.42. The summed E-state index contributed by atoms with van der Waals surface area (Å²) >= 11 is 0. The third-order valence-electron chi connectivity index (χ3n) is 4.04. The van der Waals surface area contributed by atoms with E-state index < -0.39 is 0 Å². The van der Waals surface area contributed by atoms with Gasteiger partial charge in [0, 0.05) is 25.3 Å². The highest BCUT2D eigenvalue weighted by Gasteiger charge is 2.11. The zero-order valence-electron chi connectivity index (χ0n) is 15.0. The van der Waals surface area contributed by atoms with E-state index in [4.69, 9.17) is 5.73 Å². The highest BCUT2D eigenvalue weighted by molar-refractivity contribution is 5.93. The second kappa shape index (κ2) is 10.9. The van der Waals surface area contributed by atoms with E-state index in [0.717, 1.165) is 29.8 Å². The fraction of sp³-hybridized carbons (Fsp3) is 0.350. The molecule has 5 heteroatoms. The number of aryl methyl sites for hydroxylation is 2. The van der Waals surface area contributed by atoms with Crippen LogP contribution in [0.25, 0.3) is 0 Å². The quantitative estimate of drug-likeness (QED) is 0.759. The molecule has 0 radical (unpaired) electrons. The van der Waals surface area contributed by atoms with Crippen LogP contribution in [0.15, 0.2) is 48.5 Å². The summed E-state index contributed by atoms with van der Waals surface area (Å²) in [6.07, 6.45) is 0.914. The van der Waals surface area contributed by atoms with Gasteiger partial charge in [0.25, 0.3) is 0 Å². The molecule has 0 aliphatic rings. The average Bonchev–Trinajstić information content (AvgIpc) is 2.57. The summed E-state index contributed by atoms with van der Waals surface area (Å²) in [4.78, 5) is 14.5. The molecule has 0 fully saturated rings. The van der Waals surface area contributed by atoms with E-state index in [0.29, 0.717) is 19.6 Å². The zero-order valence-corrected chi connectivity index (χ0v) is 15.8. The lowest BCUT2D eigenvalue weighted by Gasteiger charge is -2.21. The molecule has 2 aromatic rings. The molecule has 1 amide bonds. The molecule has 0 bridgehead atoms. The highest BCUT2D eigenvalue weighted by atomic mass is 35.5. The van der Waals surface area contributed by atoms with Crippen molar-refractivity contribution in [3.8, 4) is 0 Å². The van der Waals surface area contributed by atoms with Gasteiger partial charge in [0.1, 0.15) is 0 Å². The van der Waals surface area contributed by atoms with Crippen LogP contribution in [0.1, 0.15) is 16.7 Å². The van der Waals surface area contributed by atoms with Crippen LogP contribution in [-0.2, 0) is 11.2 Å². The van der Waals surface area contributed by atoms with Gasteiger partial charge >= 0.3 is 0 Å². The van der Waals surface area contributed by atoms with Crippen LogP contribution in [-0.4, -0.2) is 37.0 Å². The van der Waals surface area contributed by atoms with E-state index in [1.165, 1.54) is 5.56 Å². The molecule has 0 aromatic heterocycles. The molecule has 4 nitrogen and oxygen atoms in total. The minimum absolute atomic E-state index is 0. The van der Waals surface area contributed by atoms with Crippen LogP contribution in [0, 0.1) is 13.8 Å². The van der Waals surface area contributed by atoms with E-state index in [1.54, 1.807) is 0 Å². The Kier molecular flexibility index (Phi) is 9.21. The van der Waals surface area contributed by atoms with Crippen molar-refractivity contribution in [2.45, 2.75) is 20.3 Å². The number of halogens is 1. The number of carbonyl (C=O) groups is 1. The second-order valence-corrected chi connectivity index (χ2v) is 6.17. The van der Waals surface area contributed by atoms with Gasteiger partial charge in [-0.2, -0.15) is 0 Å². The number of hydrogen-bond donors (Lipinski definition) is 2. The highest BCUT2D eigenvalue weighted by Crippen LogP contribution is 2.16. The Balaban J connectivity index is 0.00000312. The first-order valence-electron chi connectivity index (χ1n) is 8.42. The molecule has 2 aromatic carbocycles. The summed E-state index contributed by atoms with van der Waals surface area (Å²) in [5.41, 5.74) is 10.1. The molecule has 2 rings (SSSR count). The number of nitrogens with zero attached hydrogens (tertiary/aromatic N) is 1. The molecule has 0 unspecified atom stereocenters. The molecule has 25 heavy (non-hydrogen) atoms. The lowest BCUT2D eigenvalue weighted by molar-refractivity contribution is -0.117. The summed E-state index contributed by atoms with van der Waals surface area (Å²) in [6, 6.07) is 16.4. The number of anilines is 1. The molecule has 0 saturated heterocycles. The summed E-state index contributed by atoms with van der Waals surface area (Å²) in [7, 11) is 0. The van der Waals surface area contributed by atoms with Crippen LogP contribution in [0.4, 0.5) is 5.69 Å². The van der Waals surface area contributed by atoms with Crippen molar-refractivity contribution in [1.29, 1.82) is 0 Å². The Bertz CT molecular complexity index is 661. The van der Waals surface area contributed by atoms with Crippen molar-refractivity contribution in [2.24, 2.45) is 5.73 Å². The number of amides is 1. The number of rotatable bonds is 8. The number of benzene rings is 2. The van der Waals surface area contributed by atoms with Crippen LogP contribution in [0.2, 0.25) is 0 Å². The lowest BCUT2D eigenvalue weighted by Crippen LogP contribution is -2.38. The molecular formula is C20H28ClN3O. The molecule has 0 aliphatic carbocycles. The maximum Gasteiger partial charge on any atom is 0.238 e. The smallest absolute Gasteiger partial charge is 0.238 e. The number of hydrogen-bond acceptors (Lipinski definition) is 3. The summed E-state index contributed by atoms with van der Waals surface area (Å²) in [5.74, 6) is 0.00483. The molecule has 0 aliphatic heterocycles. The van der Waals surface area contributed by atoms with Gasteiger partial charge in [0.05, 0.1) is 6.54 Å². The Morgan fingerprint density at radius 1 is 1.08 bits per heavy atom. The average molecular weight is 362 g/mol. The van der Waals surface area contributed by atoms with Gasteiger partial charge in [-0.25, -0.2) is 0 Å². The monoisotopic (exact) mass is 361 g/mol. The molecule has 0 heterocycles. The zero-order chi connectivity index (χ0) is 17.4. The molecule has 0 atom stereocenters. The van der Waals surface area contributed by atoms with Crippen molar-refractivity contribution in [1.82, 2.24) is 4.90 Å². The third-order valence-corrected chi connectivity index (χ3v) is 4.04. The van der Waals surface area contributed by atoms with Crippen molar-refractivity contribution in [3.63, 3.8) is 0 Å². The van der Waals surface area contributed by atoms with Crippen LogP contribution in [0.5, 0.6) is 0 Å². The molecule has 136 valence electrons. The predicted molar refractivity (Wildman–Crippen MR) is 107 cm³/mol. The standard InChI is InChI=1S/C20H27N3O.ClH/c1-16-8-9-17(2)19(14-16)22-20(24)15-23(13-11-21)12-10-18-6-4-3-5-7-18;/h3-9,14H,10-13,15,21H2,1-2H3,(H,22,24);1H. The largest absolute Gasteiger partial charge is 0.329 e. The summed E-state index contributed by atoms with van der Waals surface area (Å²) in [5, 5.41) is 3.02. The van der Waals surface area contributed by atoms with Gasteiger partial charge in [0.15, 0.2) is 0 Å². The summed E-state index contributed by atoms with van der Waals surface area (Å²) < 4.78 is 0. The molecule has 0 spiro atoms. The predicted octanol–water partition coefficient (Wildman–Crippen LogP) is 3.17. The topological polar surface area (TPSA) is 58.4 Å². The van der Waals surface area contributed by atoms with Crippen molar-refractivity contribution < 1.29 is 4.79 Å². The Morgan fingerprint density at radius 2 is 1.80 bits per heavy atom. The maximum absolute atomic E-state index is 12.4. The van der Waals surface area contributed by atoms with E-state index in [9.17, 15) is 4.79 Å². The third kappa shape index (κ3) is 7.26. The normalized spacial score (nSPS) is 10.4. The van der Waals surface area contributed by atoms with E-state index in [1.807, 2.05) is 50.2 Å². The van der Waals surface area contributed by atoms with E-state index in [2.05, 4.69) is 22.3 Å². The number of nitrogens with one attached hydrogen (secondary N) is 1. The van der Waals surface area contributed by atoms with Crippen LogP contribution in [0.3, 0.4) is 0 Å². The van der Waals surface area contributed by atoms with Crippen molar-refractivity contribution in [3.05, 3.63) is 65.2 Å². The van der Waals surface area contributed by atoms with Gasteiger partial charge in [-0.3, -0.25) is 9.69 Å². The SMILES string of the molecule is Cc1ccc(C)c(NC(=O)CN(CCN)CCc2ccccc2)c1.Cl. The first kappa shape index (κ1) is 21.2. The molecular weight excluding hydrogens is 334 g/mol. The van der Waals surface area contributed by atoms with Gasteiger partial charge in [0.2, 0.25) is 5.91 Å². The first-order chi connectivity index (χ1) is 11.6. The Hall–Kier alpha value is -1.88. The lowest BCUT2D eigenvalue weighted by atomic mass is 10.1. The van der Waals surface area contributed by atoms with Crippen LogP contribution >= 0.6 is 12.4 Å². The molecule has 3 N–H and O–H groups in total. The van der Waals surface area contributed by atoms with Gasteiger partial charge in [-0.1, -0.05) is 42.5 Å². The Morgan fingerprint density at radius 3 is 2.48 bits per heavy atom. The minimum Gasteiger partial charge on any atom is -0.329 e. The van der Waals surface area contributed by atoms with Gasteiger partial charge in [-0.15, -0.1) is 12.4 Å². The fourth-order valence-corrected chi connectivity index (χ4v) is 2.65. The van der Waals surface area contributed by atoms with Crippen molar-refractivity contribution in [2.75, 3.05) is 31.5 Å². The number of nitrogens with two attached hydrogens (primary N) is 1. The van der Waals surface area contributed by atoms with Crippen molar-refractivity contribution >= 4 is 24.0 Å². The number of carbonyl (C=O) groups excluding carboxylic acids is 1. The second-order valence-electron chi connectivity index (χ2n) is 6.17.